The van der Waals surface area contributed by atoms with E-state index in [-0.39, 0.29) is 36.7 Å². The average Bonchev–Trinajstić information content (AvgIpc) is 4.22. The van der Waals surface area contributed by atoms with Gasteiger partial charge >= 0.3 is 0 Å². The molecule has 6 amide bonds. The van der Waals surface area contributed by atoms with Gasteiger partial charge in [0.1, 0.15) is 35.6 Å². The molecule has 70 heavy (non-hydrogen) atoms. The third kappa shape index (κ3) is 9.92. The Morgan fingerprint density at radius 1 is 0.571 bits per heavy atom. The number of hydrogen-bond donors (Lipinski definition) is 6. The van der Waals surface area contributed by atoms with Crippen LogP contribution >= 0.6 is 0 Å². The highest BCUT2D eigenvalue weighted by atomic mass is 16.2. The maximum Gasteiger partial charge on any atom is 0.246 e. The van der Waals surface area contributed by atoms with Crippen LogP contribution < -0.4 is 31.9 Å². The van der Waals surface area contributed by atoms with Gasteiger partial charge in [0.2, 0.25) is 35.4 Å². The zero-order valence-corrected chi connectivity index (χ0v) is 40.6. The van der Waals surface area contributed by atoms with Crippen molar-refractivity contribution in [1.29, 1.82) is 0 Å². The number of aromatic nitrogens is 6. The van der Waals surface area contributed by atoms with Crippen LogP contribution in [0.15, 0.2) is 48.5 Å². The van der Waals surface area contributed by atoms with Crippen molar-refractivity contribution < 1.29 is 28.8 Å². The standard InChI is InChI=1S/C50H66N14O6/c1-29(51-3)45(65)55-39(49(69)61-23-11-21-41(61)47(67)53-35-19-9-15-31-13-5-7-17-33(31)35)27-37-43-44-38(58-60-64(44)26-25-63(43)59-57-37)28-40(56-46(66)30(2)52-4)50(70)62-24-12-22-42(62)48(68)54-36-20-10-16-32-14-6-8-18-34(32)36/h5-8,13-14,17-18,29-30,35-36,39-42,51-52H,9-12,15-16,19-28H2,1-4H3,(H,53,67)(H,54,68)(H,55,65)(H,56,66)/t29-,30-,35+,36?,39-,40-,41-,42-/m0/s1. The lowest BCUT2D eigenvalue weighted by atomic mass is 9.87. The second-order valence-electron chi connectivity index (χ2n) is 19.5. The molecule has 5 heterocycles. The molecule has 5 aliphatic rings. The molecule has 0 spiro atoms. The van der Waals surface area contributed by atoms with Crippen LogP contribution in [0.2, 0.25) is 0 Å². The summed E-state index contributed by atoms with van der Waals surface area (Å²) >= 11 is 0. The molecular weight excluding hydrogens is 893 g/mol. The van der Waals surface area contributed by atoms with Gasteiger partial charge in [0.15, 0.2) is 0 Å². The van der Waals surface area contributed by atoms with Crippen LogP contribution in [0.3, 0.4) is 0 Å². The molecule has 2 aromatic carbocycles. The van der Waals surface area contributed by atoms with Crippen molar-refractivity contribution in [3.05, 3.63) is 82.2 Å². The van der Waals surface area contributed by atoms with Crippen LogP contribution in [0.25, 0.3) is 11.4 Å². The molecule has 2 saturated heterocycles. The molecule has 20 heteroatoms. The Balaban J connectivity index is 0.970. The van der Waals surface area contributed by atoms with Gasteiger partial charge in [-0.3, -0.25) is 28.8 Å². The lowest BCUT2D eigenvalue weighted by Crippen LogP contribution is -2.56. The molecule has 1 unspecified atom stereocenters. The Labute approximate surface area is 407 Å². The number of aryl methyl sites for hydroxylation is 4. The van der Waals surface area contributed by atoms with Crippen molar-refractivity contribution in [3.63, 3.8) is 0 Å². The predicted octanol–water partition coefficient (Wildman–Crippen LogP) is 1.19. The predicted molar refractivity (Wildman–Crippen MR) is 257 cm³/mol. The zero-order chi connectivity index (χ0) is 49.1. The summed E-state index contributed by atoms with van der Waals surface area (Å²) in [4.78, 5) is 88.2. The van der Waals surface area contributed by atoms with Gasteiger partial charge in [0.25, 0.3) is 0 Å². The SMILES string of the molecule is CN[C@@H](C)C(=O)N[C@@H](Cc1nnn2c1-c1c(C[C@H](NC(=O)[C@H](C)NC)C(=O)N3CCC[C@H]3C(=O)N[C@@H]3CCCc4ccccc43)nnn1CC2)C(=O)N1CCC[C@H]1C(=O)NC1CCCc2ccccc21. The molecule has 2 fully saturated rings. The Bertz CT molecular complexity index is 2440. The van der Waals surface area contributed by atoms with E-state index in [1.54, 1.807) is 47.1 Å². The first-order chi connectivity index (χ1) is 33.9. The molecule has 2 aliphatic carbocycles. The molecule has 8 atom stereocenters. The molecule has 9 rings (SSSR count). The van der Waals surface area contributed by atoms with Crippen LogP contribution in [-0.2, 0) is 67.5 Å². The molecule has 20 nitrogen and oxygen atoms in total. The van der Waals surface area contributed by atoms with Gasteiger partial charge in [0.05, 0.1) is 48.6 Å². The first kappa shape index (κ1) is 48.5. The zero-order valence-electron chi connectivity index (χ0n) is 40.6. The first-order valence-electron chi connectivity index (χ1n) is 25.1. The Morgan fingerprint density at radius 3 is 1.40 bits per heavy atom. The van der Waals surface area contributed by atoms with E-state index in [1.807, 2.05) is 24.3 Å². The molecule has 0 bridgehead atoms. The summed E-state index contributed by atoms with van der Waals surface area (Å²) in [5, 5.41) is 36.4. The van der Waals surface area contributed by atoms with Gasteiger partial charge in [-0.2, -0.15) is 0 Å². The Morgan fingerprint density at radius 2 is 0.986 bits per heavy atom. The third-order valence-electron chi connectivity index (χ3n) is 15.1. The fourth-order valence-corrected chi connectivity index (χ4v) is 11.0. The van der Waals surface area contributed by atoms with Crippen molar-refractivity contribution in [2.75, 3.05) is 27.2 Å². The monoisotopic (exact) mass is 959 g/mol. The normalized spacial score (nSPS) is 22.1. The molecule has 372 valence electrons. The Hall–Kier alpha value is -6.54. The van der Waals surface area contributed by atoms with E-state index in [2.05, 4.69) is 76.8 Å². The molecule has 6 N–H and O–H groups in total. The summed E-state index contributed by atoms with van der Waals surface area (Å²) in [7, 11) is 3.32. The second kappa shape index (κ2) is 21.2. The number of nitrogens with zero attached hydrogens (tertiary/aromatic N) is 8. The van der Waals surface area contributed by atoms with Gasteiger partial charge in [-0.15, -0.1) is 10.2 Å². The highest BCUT2D eigenvalue weighted by Gasteiger charge is 2.43. The third-order valence-corrected chi connectivity index (χ3v) is 15.1. The minimum Gasteiger partial charge on any atom is -0.347 e. The molecule has 0 radical (unpaired) electrons. The van der Waals surface area contributed by atoms with Gasteiger partial charge < -0.3 is 41.7 Å². The summed E-state index contributed by atoms with van der Waals surface area (Å²) in [6.07, 6.45) is 7.47. The Kier molecular flexibility index (Phi) is 14.7. The lowest BCUT2D eigenvalue weighted by Gasteiger charge is -2.32. The molecule has 3 aliphatic heterocycles. The molecular formula is C50H66N14O6. The summed E-state index contributed by atoms with van der Waals surface area (Å²) in [5.41, 5.74) is 6.43. The lowest BCUT2D eigenvalue weighted by molar-refractivity contribution is -0.141. The average molecular weight is 959 g/mol. The summed E-state index contributed by atoms with van der Waals surface area (Å²) in [6, 6.07) is 11.0. The smallest absolute Gasteiger partial charge is 0.246 e. The maximum absolute atomic E-state index is 14.8. The second-order valence-corrected chi connectivity index (χ2v) is 19.5. The number of rotatable bonds is 16. The van der Waals surface area contributed by atoms with Crippen LogP contribution in [0.1, 0.15) is 111 Å². The van der Waals surface area contributed by atoms with Crippen LogP contribution in [0.4, 0.5) is 0 Å². The van der Waals surface area contributed by atoms with Crippen LogP contribution in [-0.4, -0.2) is 139 Å². The fraction of sp³-hybridized carbons (Fsp3) is 0.560. The van der Waals surface area contributed by atoms with Crippen molar-refractivity contribution in [3.8, 4) is 11.4 Å². The number of amides is 6. The number of benzene rings is 2. The number of carbonyl (C=O) groups excluding carboxylic acids is 6. The van der Waals surface area contributed by atoms with E-state index in [4.69, 9.17) is 0 Å². The van der Waals surface area contributed by atoms with Gasteiger partial charge in [-0.05, 0) is 114 Å². The summed E-state index contributed by atoms with van der Waals surface area (Å²) in [5.74, 6) is -2.08. The van der Waals surface area contributed by atoms with Crippen molar-refractivity contribution in [2.24, 2.45) is 0 Å². The largest absolute Gasteiger partial charge is 0.347 e. The number of likely N-dealkylation sites (N-methyl/N-ethyl adjacent to an activating group) is 2. The van der Waals surface area contributed by atoms with E-state index >= 15 is 0 Å². The molecule has 4 aromatic rings. The number of hydrogen-bond acceptors (Lipinski definition) is 12. The maximum atomic E-state index is 14.8. The molecule has 0 saturated carbocycles. The summed E-state index contributed by atoms with van der Waals surface area (Å²) < 4.78 is 3.40. The van der Waals surface area contributed by atoms with Crippen molar-refractivity contribution >= 4 is 35.4 Å². The number of likely N-dealkylation sites (tertiary alicyclic amines) is 2. The quantitative estimate of drug-likeness (QED) is 0.0929. The topological polar surface area (TPSA) is 242 Å². The number of fused-ring (bicyclic) bond motifs is 5. The summed E-state index contributed by atoms with van der Waals surface area (Å²) in [6.45, 7) is 4.84. The van der Waals surface area contributed by atoms with E-state index in [0.29, 0.717) is 74.6 Å². The van der Waals surface area contributed by atoms with Crippen molar-refractivity contribution in [2.45, 2.75) is 152 Å². The van der Waals surface area contributed by atoms with Crippen molar-refractivity contribution in [1.82, 2.24) is 71.7 Å². The van der Waals surface area contributed by atoms with E-state index in [9.17, 15) is 28.8 Å². The molecule has 2 aromatic heterocycles. The van der Waals surface area contributed by atoms with E-state index in [0.717, 1.165) is 49.7 Å². The fourth-order valence-electron chi connectivity index (χ4n) is 11.0. The minimum absolute atomic E-state index is 0.0728. The van der Waals surface area contributed by atoms with Crippen LogP contribution in [0.5, 0.6) is 0 Å². The minimum atomic E-state index is -1.12. The van der Waals surface area contributed by atoms with Gasteiger partial charge in [-0.1, -0.05) is 59.0 Å². The number of nitrogens with one attached hydrogen (secondary N) is 6. The highest BCUT2D eigenvalue weighted by Crippen LogP contribution is 2.34. The van der Waals surface area contributed by atoms with Crippen LogP contribution in [0, 0.1) is 0 Å². The van der Waals surface area contributed by atoms with Gasteiger partial charge in [0, 0.05) is 25.9 Å². The van der Waals surface area contributed by atoms with E-state index < -0.39 is 59.9 Å². The van der Waals surface area contributed by atoms with E-state index in [1.165, 1.54) is 11.1 Å². The number of carbonyl (C=O) groups is 6. The highest BCUT2D eigenvalue weighted by molar-refractivity contribution is 5.95. The van der Waals surface area contributed by atoms with Gasteiger partial charge in [-0.25, -0.2) is 9.36 Å². The first-order valence-corrected chi connectivity index (χ1v) is 25.1.